The quantitative estimate of drug-likeness (QED) is 0.900. The van der Waals surface area contributed by atoms with E-state index >= 15 is 0 Å². The summed E-state index contributed by atoms with van der Waals surface area (Å²) in [7, 11) is 3.97. The number of nitrogens with zero attached hydrogens (tertiary/aromatic N) is 2. The molecule has 2 saturated heterocycles. The number of carbonyl (C=O) groups is 1. The number of likely N-dealkylation sites (N-methyl/N-ethyl adjacent to an activating group) is 1. The molecule has 4 nitrogen and oxygen atoms in total. The number of fused-ring (bicyclic) bond motifs is 2. The van der Waals surface area contributed by atoms with Crippen LogP contribution in [0.15, 0.2) is 30.3 Å². The molecule has 2 heterocycles. The average molecular weight is 360 g/mol. The Bertz CT molecular complexity index is 498. The molecular formula is C17H27Cl2N3O. The first-order valence-corrected chi connectivity index (χ1v) is 7.91. The van der Waals surface area contributed by atoms with E-state index < -0.39 is 0 Å². The van der Waals surface area contributed by atoms with Gasteiger partial charge in [-0.25, -0.2) is 0 Å². The lowest BCUT2D eigenvalue weighted by Crippen LogP contribution is -2.44. The summed E-state index contributed by atoms with van der Waals surface area (Å²) < 4.78 is 0. The molecule has 3 unspecified atom stereocenters. The zero-order valence-electron chi connectivity index (χ0n) is 13.8. The third kappa shape index (κ3) is 4.60. The number of hydrogen-bond acceptors (Lipinski definition) is 3. The molecule has 3 rings (SSSR count). The molecular weight excluding hydrogens is 333 g/mol. The van der Waals surface area contributed by atoms with Gasteiger partial charge >= 0.3 is 0 Å². The number of likely N-dealkylation sites (tertiary alicyclic amines) is 1. The van der Waals surface area contributed by atoms with E-state index in [0.717, 1.165) is 25.1 Å². The minimum Gasteiger partial charge on any atom is -0.339 e. The summed E-state index contributed by atoms with van der Waals surface area (Å²) in [6.07, 6.45) is 3.55. The molecule has 2 aliphatic heterocycles. The van der Waals surface area contributed by atoms with Crippen molar-refractivity contribution in [3.8, 4) is 0 Å². The molecule has 1 N–H and O–H groups in total. The van der Waals surface area contributed by atoms with Gasteiger partial charge in [-0.1, -0.05) is 30.3 Å². The van der Waals surface area contributed by atoms with E-state index in [4.69, 9.17) is 0 Å². The van der Waals surface area contributed by atoms with Crippen molar-refractivity contribution in [1.82, 2.24) is 15.1 Å². The van der Waals surface area contributed by atoms with Crippen LogP contribution in [0.5, 0.6) is 0 Å². The maximum atomic E-state index is 13.0. The highest BCUT2D eigenvalue weighted by Gasteiger charge is 2.34. The van der Waals surface area contributed by atoms with Crippen LogP contribution in [0.3, 0.4) is 0 Å². The second-order valence-corrected chi connectivity index (χ2v) is 6.49. The molecule has 2 bridgehead atoms. The molecule has 2 aliphatic rings. The maximum absolute atomic E-state index is 13.0. The van der Waals surface area contributed by atoms with Crippen LogP contribution in [0, 0.1) is 0 Å². The summed E-state index contributed by atoms with van der Waals surface area (Å²) in [6, 6.07) is 11.0. The Morgan fingerprint density at radius 2 is 1.78 bits per heavy atom. The van der Waals surface area contributed by atoms with Gasteiger partial charge in [0.2, 0.25) is 5.91 Å². The molecule has 1 aromatic rings. The number of benzene rings is 1. The average Bonchev–Trinajstić information content (AvgIpc) is 2.79. The predicted molar refractivity (Wildman–Crippen MR) is 98.5 cm³/mol. The van der Waals surface area contributed by atoms with Crippen LogP contribution >= 0.6 is 24.8 Å². The largest absolute Gasteiger partial charge is 0.339 e. The summed E-state index contributed by atoms with van der Waals surface area (Å²) in [6.45, 7) is 1.73. The summed E-state index contributed by atoms with van der Waals surface area (Å²) in [5.41, 5.74) is 1.08. The number of carbonyl (C=O) groups excluding carboxylic acids is 1. The van der Waals surface area contributed by atoms with Gasteiger partial charge in [0.1, 0.15) is 6.04 Å². The highest BCUT2D eigenvalue weighted by atomic mass is 35.5. The van der Waals surface area contributed by atoms with E-state index in [9.17, 15) is 4.79 Å². The molecule has 0 spiro atoms. The van der Waals surface area contributed by atoms with E-state index in [0.29, 0.717) is 12.1 Å². The summed E-state index contributed by atoms with van der Waals surface area (Å²) in [5.74, 6) is 0.237. The maximum Gasteiger partial charge on any atom is 0.244 e. The van der Waals surface area contributed by atoms with Crippen molar-refractivity contribution < 1.29 is 4.79 Å². The van der Waals surface area contributed by atoms with Crippen molar-refractivity contribution >= 4 is 30.7 Å². The molecule has 1 aromatic carbocycles. The molecule has 6 heteroatoms. The molecule has 23 heavy (non-hydrogen) atoms. The number of rotatable bonds is 3. The lowest BCUT2D eigenvalue weighted by atomic mass is 10.0. The monoisotopic (exact) mass is 359 g/mol. The first-order chi connectivity index (χ1) is 10.1. The lowest BCUT2D eigenvalue weighted by molar-refractivity contribution is -0.136. The van der Waals surface area contributed by atoms with Crippen molar-refractivity contribution in [2.24, 2.45) is 0 Å². The van der Waals surface area contributed by atoms with E-state index in [-0.39, 0.29) is 36.8 Å². The zero-order chi connectivity index (χ0) is 14.8. The number of halogens is 2. The fraction of sp³-hybridized carbons (Fsp3) is 0.588. The molecule has 0 saturated carbocycles. The Kier molecular flexibility index (Phi) is 7.81. The highest BCUT2D eigenvalue weighted by Crippen LogP contribution is 2.25. The number of nitrogens with one attached hydrogen (secondary N) is 1. The van der Waals surface area contributed by atoms with Gasteiger partial charge in [-0.15, -0.1) is 24.8 Å². The van der Waals surface area contributed by atoms with Crippen molar-refractivity contribution in [1.29, 1.82) is 0 Å². The van der Waals surface area contributed by atoms with Crippen LogP contribution in [0.25, 0.3) is 0 Å². The van der Waals surface area contributed by atoms with Crippen LogP contribution in [-0.4, -0.2) is 55.0 Å². The molecule has 0 aromatic heterocycles. The van der Waals surface area contributed by atoms with Crippen LogP contribution in [0.1, 0.15) is 30.9 Å². The van der Waals surface area contributed by atoms with Gasteiger partial charge in [-0.2, -0.15) is 0 Å². The Morgan fingerprint density at radius 3 is 2.43 bits per heavy atom. The Morgan fingerprint density at radius 1 is 1.13 bits per heavy atom. The van der Waals surface area contributed by atoms with Gasteiger partial charge in [0.15, 0.2) is 0 Å². The van der Waals surface area contributed by atoms with Gasteiger partial charge in [0, 0.05) is 25.2 Å². The SMILES string of the molecule is CN(C)C(C(=O)N1CCC2CCC(C1)N2)c1ccccc1.Cl.Cl. The molecule has 1 amide bonds. The Balaban J connectivity index is 0.00000132. The third-order valence-electron chi connectivity index (χ3n) is 4.70. The summed E-state index contributed by atoms with van der Waals surface area (Å²) in [4.78, 5) is 17.1. The van der Waals surface area contributed by atoms with E-state index in [1.807, 2.05) is 49.3 Å². The standard InChI is InChI=1S/C17H25N3O.2ClH/c1-19(2)16(13-6-4-3-5-7-13)17(21)20-11-10-14-8-9-15(12-20)18-14;;/h3-7,14-16,18H,8-12H2,1-2H3;2*1H. The molecule has 3 atom stereocenters. The predicted octanol–water partition coefficient (Wildman–Crippen LogP) is 2.49. The topological polar surface area (TPSA) is 35.6 Å². The molecule has 130 valence electrons. The van der Waals surface area contributed by atoms with E-state index in [1.165, 1.54) is 12.8 Å². The molecule has 2 fully saturated rings. The highest BCUT2D eigenvalue weighted by molar-refractivity contribution is 5.85. The zero-order valence-corrected chi connectivity index (χ0v) is 15.4. The minimum atomic E-state index is -0.178. The van der Waals surface area contributed by atoms with E-state index in [1.54, 1.807) is 0 Å². The van der Waals surface area contributed by atoms with Crippen LogP contribution in [0.2, 0.25) is 0 Å². The Labute approximate surface area is 151 Å². The van der Waals surface area contributed by atoms with Crippen LogP contribution in [-0.2, 0) is 4.79 Å². The van der Waals surface area contributed by atoms with Gasteiger partial charge < -0.3 is 10.2 Å². The third-order valence-corrected chi connectivity index (χ3v) is 4.70. The number of hydrogen-bond donors (Lipinski definition) is 1. The van der Waals surface area contributed by atoms with Crippen molar-refractivity contribution in [2.45, 2.75) is 37.4 Å². The van der Waals surface area contributed by atoms with Gasteiger partial charge in [-0.05, 0) is 38.9 Å². The van der Waals surface area contributed by atoms with E-state index in [2.05, 4.69) is 10.2 Å². The fourth-order valence-electron chi connectivity index (χ4n) is 3.61. The summed E-state index contributed by atoms with van der Waals surface area (Å²) >= 11 is 0. The molecule has 0 aliphatic carbocycles. The van der Waals surface area contributed by atoms with Gasteiger partial charge in [0.05, 0.1) is 0 Å². The second-order valence-electron chi connectivity index (χ2n) is 6.49. The minimum absolute atomic E-state index is 0. The van der Waals surface area contributed by atoms with Crippen LogP contribution < -0.4 is 5.32 Å². The second kappa shape index (κ2) is 8.88. The van der Waals surface area contributed by atoms with Crippen LogP contribution in [0.4, 0.5) is 0 Å². The molecule has 0 radical (unpaired) electrons. The van der Waals surface area contributed by atoms with Crippen molar-refractivity contribution in [3.63, 3.8) is 0 Å². The normalized spacial score (nSPS) is 24.4. The Hall–Kier alpha value is -0.810. The van der Waals surface area contributed by atoms with Gasteiger partial charge in [0.25, 0.3) is 0 Å². The first-order valence-electron chi connectivity index (χ1n) is 7.91. The van der Waals surface area contributed by atoms with Gasteiger partial charge in [-0.3, -0.25) is 9.69 Å². The fourth-order valence-corrected chi connectivity index (χ4v) is 3.61. The smallest absolute Gasteiger partial charge is 0.244 e. The summed E-state index contributed by atoms with van der Waals surface area (Å²) in [5, 5.41) is 3.64. The van der Waals surface area contributed by atoms with Crippen molar-refractivity contribution in [2.75, 3.05) is 27.2 Å². The number of amides is 1. The van der Waals surface area contributed by atoms with Crippen molar-refractivity contribution in [3.05, 3.63) is 35.9 Å². The first kappa shape index (κ1) is 20.2. The lowest BCUT2D eigenvalue weighted by Gasteiger charge is -2.32.